The summed E-state index contributed by atoms with van der Waals surface area (Å²) in [6, 6.07) is 5.28. The molecule has 1 aromatic carbocycles. The number of nitrogens with zero attached hydrogens (tertiary/aromatic N) is 2. The van der Waals surface area contributed by atoms with Crippen molar-refractivity contribution < 1.29 is 0 Å². The van der Waals surface area contributed by atoms with E-state index in [-0.39, 0.29) is 11.9 Å². The molecule has 1 aliphatic rings. The van der Waals surface area contributed by atoms with Crippen LogP contribution in [0.3, 0.4) is 0 Å². The minimum atomic E-state index is -0.226. The van der Waals surface area contributed by atoms with E-state index >= 15 is 0 Å². The Labute approximate surface area is 98.9 Å². The van der Waals surface area contributed by atoms with Gasteiger partial charge in [-0.05, 0) is 12.0 Å². The molecular formula is C11H13N6. The molecule has 0 aliphatic heterocycles. The topological polar surface area (TPSA) is 110 Å². The molecule has 1 aliphatic carbocycles. The minimum absolute atomic E-state index is 0.0263. The lowest BCUT2D eigenvalue weighted by molar-refractivity contribution is 0.639. The number of nitrogens with two attached hydrogens (primary N) is 1. The van der Waals surface area contributed by atoms with Crippen molar-refractivity contribution in [3.8, 4) is 0 Å². The first-order valence-electron chi connectivity index (χ1n) is 5.11. The highest BCUT2D eigenvalue weighted by molar-refractivity contribution is 6.11. The molecule has 6 nitrogen and oxygen atoms in total. The molecule has 0 saturated carbocycles. The van der Waals surface area contributed by atoms with E-state index in [2.05, 4.69) is 22.3 Å². The highest BCUT2D eigenvalue weighted by Gasteiger charge is 2.30. The van der Waals surface area contributed by atoms with Crippen molar-refractivity contribution in [3.63, 3.8) is 0 Å². The van der Waals surface area contributed by atoms with Gasteiger partial charge in [-0.1, -0.05) is 18.2 Å². The zero-order valence-electron chi connectivity index (χ0n) is 9.20. The van der Waals surface area contributed by atoms with Crippen LogP contribution in [-0.4, -0.2) is 24.3 Å². The predicted octanol–water partition coefficient (Wildman–Crippen LogP) is 0.0876. The minimum Gasteiger partial charge on any atom is -0.384 e. The molecule has 2 rings (SSSR count). The van der Waals surface area contributed by atoms with Gasteiger partial charge in [0.15, 0.2) is 0 Å². The van der Waals surface area contributed by atoms with Crippen LogP contribution in [0.5, 0.6) is 0 Å². The summed E-state index contributed by atoms with van der Waals surface area (Å²) in [5, 5.41) is 15.0. The summed E-state index contributed by atoms with van der Waals surface area (Å²) in [6.45, 7) is 3.33. The molecule has 1 radical (unpaired) electrons. The number of nitrogens with one attached hydrogen (secondary N) is 3. The number of rotatable bonds is 3. The normalized spacial score (nSPS) is 20.3. The molecule has 87 valence electrons. The maximum atomic E-state index is 7.53. The Hall–Kier alpha value is -2.05. The molecule has 17 heavy (non-hydrogen) atoms. The van der Waals surface area contributed by atoms with Crippen LogP contribution in [0.2, 0.25) is 0 Å². The standard InChI is InChI=1S/C11H13N6/c1-15-17-10-6-3-2-4-7(11(12)13)8(6)5-9(10)16-14/h2-4,9,14,16H,1,5H2,(H3,12,13). The van der Waals surface area contributed by atoms with Gasteiger partial charge in [0.2, 0.25) is 0 Å². The van der Waals surface area contributed by atoms with E-state index in [9.17, 15) is 0 Å². The average molecular weight is 229 g/mol. The molecule has 6 heteroatoms. The molecule has 0 heterocycles. The van der Waals surface area contributed by atoms with Gasteiger partial charge in [-0.25, -0.2) is 5.43 Å². The molecule has 1 aromatic rings. The summed E-state index contributed by atoms with van der Waals surface area (Å²) in [7, 11) is 0. The number of nitrogen functional groups attached to an aromatic ring is 1. The molecule has 0 spiro atoms. The van der Waals surface area contributed by atoms with Crippen molar-refractivity contribution in [2.45, 2.75) is 12.5 Å². The second-order valence-electron chi connectivity index (χ2n) is 3.77. The molecule has 1 unspecified atom stereocenters. The lowest BCUT2D eigenvalue weighted by Crippen LogP contribution is -2.33. The van der Waals surface area contributed by atoms with Crippen LogP contribution in [0.15, 0.2) is 28.4 Å². The lowest BCUT2D eigenvalue weighted by atomic mass is 10.0. The van der Waals surface area contributed by atoms with Gasteiger partial charge in [-0.2, -0.15) is 16.0 Å². The fraction of sp³-hybridized carbons (Fsp3) is 0.182. The molecule has 0 amide bonds. The summed E-state index contributed by atoms with van der Waals surface area (Å²) in [4.78, 5) is 0. The largest absolute Gasteiger partial charge is 0.384 e. The van der Waals surface area contributed by atoms with Gasteiger partial charge in [0.05, 0.1) is 11.8 Å². The number of hydrogen-bond acceptors (Lipinski definition) is 4. The fourth-order valence-corrected chi connectivity index (χ4v) is 2.11. The van der Waals surface area contributed by atoms with Crippen molar-refractivity contribution in [3.05, 3.63) is 34.9 Å². The first kappa shape index (κ1) is 11.4. The van der Waals surface area contributed by atoms with Gasteiger partial charge in [-0.15, -0.1) is 0 Å². The zero-order chi connectivity index (χ0) is 12.4. The Balaban J connectivity index is 2.58. The SMILES string of the molecule is C=NN=C1c2cccc(C(=N)N)c2CC1N[NH]. The molecule has 0 fully saturated rings. The second-order valence-corrected chi connectivity index (χ2v) is 3.77. The van der Waals surface area contributed by atoms with Crippen LogP contribution in [0, 0.1) is 5.41 Å². The summed E-state index contributed by atoms with van der Waals surface area (Å²) < 4.78 is 0. The highest BCUT2D eigenvalue weighted by Crippen LogP contribution is 2.26. The molecule has 1 atom stereocenters. The van der Waals surface area contributed by atoms with Crippen molar-refractivity contribution >= 4 is 18.3 Å². The van der Waals surface area contributed by atoms with Crippen molar-refractivity contribution in [1.29, 1.82) is 5.41 Å². The number of hydrogen-bond donors (Lipinski definition) is 3. The van der Waals surface area contributed by atoms with Crippen molar-refractivity contribution in [2.75, 3.05) is 0 Å². The zero-order valence-corrected chi connectivity index (χ0v) is 9.20. The second kappa shape index (κ2) is 4.44. The van der Waals surface area contributed by atoms with Gasteiger partial charge in [-0.3, -0.25) is 5.41 Å². The van der Waals surface area contributed by atoms with Crippen LogP contribution in [-0.2, 0) is 6.42 Å². The third-order valence-corrected chi connectivity index (χ3v) is 2.83. The van der Waals surface area contributed by atoms with E-state index in [0.717, 1.165) is 11.1 Å². The van der Waals surface area contributed by atoms with E-state index in [1.54, 1.807) is 6.07 Å². The van der Waals surface area contributed by atoms with Gasteiger partial charge < -0.3 is 5.73 Å². The Morgan fingerprint density at radius 1 is 1.53 bits per heavy atom. The quantitative estimate of drug-likeness (QED) is 0.387. The summed E-state index contributed by atoms with van der Waals surface area (Å²) >= 11 is 0. The predicted molar refractivity (Wildman–Crippen MR) is 67.3 cm³/mol. The number of benzene rings is 1. The van der Waals surface area contributed by atoms with E-state index in [1.807, 2.05) is 12.1 Å². The summed E-state index contributed by atoms with van der Waals surface area (Å²) in [5.74, 6) is 7.31. The lowest BCUT2D eigenvalue weighted by Gasteiger charge is -2.06. The third-order valence-electron chi connectivity index (χ3n) is 2.83. The Morgan fingerprint density at radius 2 is 2.29 bits per heavy atom. The van der Waals surface area contributed by atoms with Gasteiger partial charge in [0.1, 0.15) is 5.84 Å². The summed E-state index contributed by atoms with van der Waals surface area (Å²) in [5.41, 5.74) is 11.2. The van der Waals surface area contributed by atoms with Crippen LogP contribution in [0.1, 0.15) is 16.7 Å². The molecule has 0 bridgehead atoms. The van der Waals surface area contributed by atoms with Gasteiger partial charge in [0, 0.05) is 17.8 Å². The molecular weight excluding hydrogens is 216 g/mol. The molecule has 0 aromatic heterocycles. The first-order valence-corrected chi connectivity index (χ1v) is 5.11. The van der Waals surface area contributed by atoms with E-state index in [0.29, 0.717) is 17.7 Å². The average Bonchev–Trinajstić information content (AvgIpc) is 2.67. The van der Waals surface area contributed by atoms with E-state index in [4.69, 9.17) is 17.0 Å². The van der Waals surface area contributed by atoms with Crippen LogP contribution in [0.4, 0.5) is 0 Å². The Morgan fingerprint density at radius 3 is 2.88 bits per heavy atom. The monoisotopic (exact) mass is 229 g/mol. The Bertz CT molecular complexity index is 505. The van der Waals surface area contributed by atoms with Crippen molar-refractivity contribution in [1.82, 2.24) is 11.3 Å². The van der Waals surface area contributed by atoms with Crippen molar-refractivity contribution in [2.24, 2.45) is 15.9 Å². The summed E-state index contributed by atoms with van der Waals surface area (Å²) in [6.07, 6.45) is 0.586. The number of amidine groups is 1. The smallest absolute Gasteiger partial charge is 0.123 e. The maximum Gasteiger partial charge on any atom is 0.123 e. The third kappa shape index (κ3) is 1.83. The maximum absolute atomic E-state index is 7.53. The fourth-order valence-electron chi connectivity index (χ4n) is 2.11. The highest BCUT2D eigenvalue weighted by atomic mass is 15.3. The van der Waals surface area contributed by atoms with E-state index in [1.165, 1.54) is 0 Å². The first-order chi connectivity index (χ1) is 8.19. The Kier molecular flexibility index (Phi) is 2.99. The van der Waals surface area contributed by atoms with Gasteiger partial charge >= 0.3 is 0 Å². The van der Waals surface area contributed by atoms with Crippen LogP contribution >= 0.6 is 0 Å². The van der Waals surface area contributed by atoms with E-state index < -0.39 is 0 Å². The van der Waals surface area contributed by atoms with Gasteiger partial charge in [0.25, 0.3) is 0 Å². The van der Waals surface area contributed by atoms with Crippen LogP contribution in [0.25, 0.3) is 0 Å². The molecule has 0 saturated heterocycles. The number of fused-ring (bicyclic) bond motifs is 1. The van der Waals surface area contributed by atoms with Crippen LogP contribution < -0.4 is 17.0 Å². The molecule has 5 N–H and O–H groups in total.